The first kappa shape index (κ1) is 19.8. The number of nitrogens with zero attached hydrogens (tertiary/aromatic N) is 2. The van der Waals surface area contributed by atoms with E-state index in [1.54, 1.807) is 59.3 Å². The van der Waals surface area contributed by atoms with Crippen molar-refractivity contribution in [3.8, 4) is 0 Å². The highest BCUT2D eigenvalue weighted by Crippen LogP contribution is 2.30. The van der Waals surface area contributed by atoms with Gasteiger partial charge in [0, 0.05) is 22.7 Å². The molecule has 0 aliphatic carbocycles. The number of halogens is 1. The number of rotatable bonds is 4. The van der Waals surface area contributed by atoms with Crippen molar-refractivity contribution in [2.24, 2.45) is 0 Å². The van der Waals surface area contributed by atoms with E-state index in [2.05, 4.69) is 5.32 Å². The molecule has 2 N–H and O–H groups in total. The van der Waals surface area contributed by atoms with Gasteiger partial charge in [-0.05, 0) is 36.5 Å². The second-order valence-electron chi connectivity index (χ2n) is 6.53. The summed E-state index contributed by atoms with van der Waals surface area (Å²) in [6.45, 7) is -0.250. The molecule has 9 heteroatoms. The molecule has 2 aromatic carbocycles. The van der Waals surface area contributed by atoms with Gasteiger partial charge in [0.05, 0.1) is 10.7 Å². The number of carboxylic acids is 1. The molecule has 1 aromatic heterocycles. The summed E-state index contributed by atoms with van der Waals surface area (Å²) in [6.07, 6.45) is 3.03. The summed E-state index contributed by atoms with van der Waals surface area (Å²) in [7, 11) is 0. The van der Waals surface area contributed by atoms with E-state index in [0.29, 0.717) is 27.2 Å². The molecule has 3 aromatic rings. The molecule has 0 spiro atoms. The molecule has 0 bridgehead atoms. The lowest BCUT2D eigenvalue weighted by atomic mass is 10.1. The summed E-state index contributed by atoms with van der Waals surface area (Å²) in [4.78, 5) is 38.1. The fourth-order valence-electron chi connectivity index (χ4n) is 3.33. The quantitative estimate of drug-likeness (QED) is 0.370. The zero-order valence-corrected chi connectivity index (χ0v) is 16.9. The third-order valence-electron chi connectivity index (χ3n) is 4.62. The lowest BCUT2D eigenvalue weighted by Gasteiger charge is -2.29. The Balaban J connectivity index is 1.82. The first-order chi connectivity index (χ1) is 14.4. The first-order valence-corrected chi connectivity index (χ1v) is 9.61. The average molecular weight is 440 g/mol. The highest BCUT2D eigenvalue weighted by Gasteiger charge is 2.35. The van der Waals surface area contributed by atoms with Gasteiger partial charge in [0.25, 0.3) is 11.8 Å². The van der Waals surface area contributed by atoms with Crippen LogP contribution in [0, 0.1) is 0 Å². The second-order valence-corrected chi connectivity index (χ2v) is 7.33. The van der Waals surface area contributed by atoms with Gasteiger partial charge < -0.3 is 9.67 Å². The van der Waals surface area contributed by atoms with E-state index in [1.807, 2.05) is 0 Å². The second kappa shape index (κ2) is 7.74. The minimum Gasteiger partial charge on any atom is -0.480 e. The number of para-hydroxylation sites is 2. The van der Waals surface area contributed by atoms with Gasteiger partial charge in [-0.15, -0.1) is 0 Å². The molecule has 30 heavy (non-hydrogen) atoms. The Morgan fingerprint density at radius 1 is 1.13 bits per heavy atom. The molecule has 150 valence electrons. The van der Waals surface area contributed by atoms with Crippen LogP contribution in [0.1, 0.15) is 5.56 Å². The van der Waals surface area contributed by atoms with E-state index >= 15 is 0 Å². The molecular weight excluding hydrogens is 426 g/mol. The topological polar surface area (TPSA) is 91.6 Å². The largest absolute Gasteiger partial charge is 0.480 e. The van der Waals surface area contributed by atoms with Crippen molar-refractivity contribution < 1.29 is 19.5 Å². The number of aliphatic carboxylic acids is 1. The van der Waals surface area contributed by atoms with Crippen LogP contribution in [0.4, 0.5) is 5.69 Å². The number of hydrogen-bond donors (Lipinski definition) is 2. The molecule has 0 radical (unpaired) electrons. The Bertz CT molecular complexity index is 1260. The maximum absolute atomic E-state index is 13.2. The molecule has 7 nitrogen and oxygen atoms in total. The number of benzene rings is 2. The van der Waals surface area contributed by atoms with E-state index in [0.717, 1.165) is 0 Å². The van der Waals surface area contributed by atoms with Gasteiger partial charge in [0.1, 0.15) is 12.1 Å². The highest BCUT2D eigenvalue weighted by molar-refractivity contribution is 7.80. The van der Waals surface area contributed by atoms with E-state index < -0.39 is 17.8 Å². The Morgan fingerprint density at radius 3 is 2.57 bits per heavy atom. The number of amides is 2. The number of anilines is 1. The third kappa shape index (κ3) is 3.47. The van der Waals surface area contributed by atoms with Crippen molar-refractivity contribution in [2.45, 2.75) is 6.54 Å². The molecule has 4 rings (SSSR count). The molecule has 2 amide bonds. The van der Waals surface area contributed by atoms with Crippen molar-refractivity contribution in [3.05, 3.63) is 70.9 Å². The number of aromatic nitrogens is 1. The Morgan fingerprint density at radius 2 is 1.83 bits per heavy atom. The minimum absolute atomic E-state index is 0.0662. The van der Waals surface area contributed by atoms with Crippen molar-refractivity contribution in [3.63, 3.8) is 0 Å². The summed E-state index contributed by atoms with van der Waals surface area (Å²) in [6, 6.07) is 13.8. The number of carbonyl (C=O) groups excluding carboxylic acids is 2. The van der Waals surface area contributed by atoms with Crippen LogP contribution in [0.2, 0.25) is 5.02 Å². The van der Waals surface area contributed by atoms with Gasteiger partial charge in [0.15, 0.2) is 5.11 Å². The average Bonchev–Trinajstić information content (AvgIpc) is 3.03. The normalized spacial score (nSPS) is 15.7. The van der Waals surface area contributed by atoms with Crippen LogP contribution >= 0.6 is 23.8 Å². The molecule has 1 aliphatic heterocycles. The van der Waals surface area contributed by atoms with Gasteiger partial charge in [-0.25, -0.2) is 0 Å². The third-order valence-corrected chi connectivity index (χ3v) is 5.22. The Hall–Kier alpha value is -3.49. The molecule has 1 aliphatic rings. The van der Waals surface area contributed by atoms with Crippen LogP contribution in [-0.2, 0) is 20.9 Å². The number of thiocarbonyl (C=S) groups is 1. The first-order valence-electron chi connectivity index (χ1n) is 8.82. The van der Waals surface area contributed by atoms with Gasteiger partial charge in [-0.1, -0.05) is 41.9 Å². The predicted molar refractivity (Wildman–Crippen MR) is 117 cm³/mol. The van der Waals surface area contributed by atoms with Crippen LogP contribution in [-0.4, -0.2) is 32.6 Å². The Labute approximate surface area is 181 Å². The van der Waals surface area contributed by atoms with E-state index in [1.165, 1.54) is 11.0 Å². The minimum atomic E-state index is -1.00. The van der Waals surface area contributed by atoms with Crippen molar-refractivity contribution in [1.82, 2.24) is 9.88 Å². The number of fused-ring (bicyclic) bond motifs is 1. The highest BCUT2D eigenvalue weighted by atomic mass is 35.5. The SMILES string of the molecule is O=C(O)Cn1cc(/C=C2/C(=O)NC(=S)N(c3ccccc3Cl)C2=O)c2ccccc21. The molecule has 0 atom stereocenters. The molecular formula is C21H14ClN3O4S. The Kier molecular flexibility index (Phi) is 5.11. The van der Waals surface area contributed by atoms with Crippen LogP contribution in [0.25, 0.3) is 17.0 Å². The standard InChI is InChI=1S/C21H14ClN3O4S/c22-15-6-2-4-8-17(15)25-20(29)14(19(28)23-21(25)30)9-12-10-24(11-18(26)27)16-7-3-1-5-13(12)16/h1-10H,11H2,(H,26,27)(H,23,28,30)/b14-9-. The molecule has 1 fully saturated rings. The maximum Gasteiger partial charge on any atom is 0.323 e. The number of nitrogens with one attached hydrogen (secondary N) is 1. The zero-order chi connectivity index (χ0) is 21.4. The summed E-state index contributed by atoms with van der Waals surface area (Å²) in [5, 5.41) is 12.6. The number of carbonyl (C=O) groups is 3. The zero-order valence-electron chi connectivity index (χ0n) is 15.3. The summed E-state index contributed by atoms with van der Waals surface area (Å²) >= 11 is 11.4. The van der Waals surface area contributed by atoms with Crippen LogP contribution in [0.15, 0.2) is 60.3 Å². The number of carboxylic acid groups (broad SMARTS) is 1. The molecule has 0 unspecified atom stereocenters. The number of hydrogen-bond acceptors (Lipinski definition) is 4. The van der Waals surface area contributed by atoms with Gasteiger partial charge in [0.2, 0.25) is 0 Å². The fraction of sp³-hybridized carbons (Fsp3) is 0.0476. The summed E-state index contributed by atoms with van der Waals surface area (Å²) < 4.78 is 1.55. The van der Waals surface area contributed by atoms with Crippen molar-refractivity contribution in [2.75, 3.05) is 4.90 Å². The van der Waals surface area contributed by atoms with Crippen molar-refractivity contribution in [1.29, 1.82) is 0 Å². The fourth-order valence-corrected chi connectivity index (χ4v) is 3.83. The van der Waals surface area contributed by atoms with Crippen molar-refractivity contribution >= 4 is 69.4 Å². The lowest BCUT2D eigenvalue weighted by molar-refractivity contribution is -0.137. The monoisotopic (exact) mass is 439 g/mol. The van der Waals surface area contributed by atoms with Crippen LogP contribution < -0.4 is 10.2 Å². The van der Waals surface area contributed by atoms with E-state index in [4.69, 9.17) is 28.9 Å². The molecule has 1 saturated heterocycles. The van der Waals surface area contributed by atoms with E-state index in [9.17, 15) is 14.4 Å². The predicted octanol–water partition coefficient (Wildman–Crippen LogP) is 3.21. The lowest BCUT2D eigenvalue weighted by Crippen LogP contribution is -2.54. The van der Waals surface area contributed by atoms with Gasteiger partial charge in [-0.2, -0.15) is 0 Å². The van der Waals surface area contributed by atoms with Crippen LogP contribution in [0.5, 0.6) is 0 Å². The van der Waals surface area contributed by atoms with Gasteiger partial charge >= 0.3 is 5.97 Å². The van der Waals surface area contributed by atoms with E-state index in [-0.39, 0.29) is 17.2 Å². The molecule has 2 heterocycles. The van der Waals surface area contributed by atoms with Gasteiger partial charge in [-0.3, -0.25) is 24.6 Å². The summed E-state index contributed by atoms with van der Waals surface area (Å²) in [5.74, 6) is -2.26. The molecule has 0 saturated carbocycles. The van der Waals surface area contributed by atoms with Crippen LogP contribution in [0.3, 0.4) is 0 Å². The maximum atomic E-state index is 13.2. The summed E-state index contributed by atoms with van der Waals surface area (Å²) in [5.41, 5.74) is 1.43. The smallest absolute Gasteiger partial charge is 0.323 e.